The fraction of sp³-hybridized carbons (Fsp3) is 0.649. The number of anilines is 2. The summed E-state index contributed by atoms with van der Waals surface area (Å²) < 4.78 is 0. The Morgan fingerprint density at radius 1 is 0.286 bits per heavy atom. The van der Waals surface area contributed by atoms with Gasteiger partial charge in [-0.1, -0.05) is 24.3 Å². The second kappa shape index (κ2) is 48.0. The van der Waals surface area contributed by atoms with Crippen molar-refractivity contribution in [2.24, 2.45) is 45.9 Å². The number of nitrogens with two attached hydrogens (primary N) is 8. The number of nitrogens with one attached hydrogen (secondary N) is 8. The average molecular weight is 1290 g/mol. The summed E-state index contributed by atoms with van der Waals surface area (Å²) in [5.74, 6) is -3.37. The molecule has 8 amide bonds. The van der Waals surface area contributed by atoms with Crippen LogP contribution in [0.5, 0.6) is 0 Å². The van der Waals surface area contributed by atoms with E-state index in [9.17, 15) is 58.8 Å². The van der Waals surface area contributed by atoms with Crippen molar-refractivity contribution in [3.63, 3.8) is 0 Å². The Hall–Kier alpha value is -6.84. The van der Waals surface area contributed by atoms with Crippen LogP contribution in [-0.2, 0) is 44.8 Å². The molecular weight excluding hydrogens is 1180 g/mol. The van der Waals surface area contributed by atoms with Gasteiger partial charge in [-0.15, -0.1) is 0 Å². The van der Waals surface area contributed by atoms with E-state index in [0.29, 0.717) is 17.8 Å². The van der Waals surface area contributed by atoms with E-state index in [0.717, 1.165) is 11.1 Å². The molecule has 91 heavy (non-hydrogen) atoms. The molecule has 0 aliphatic heterocycles. The SMILES string of the molecule is NCCNC(=O)CN(CC(=O)NCCN)CC(O)CN(CC(O)CN(CC(=O)NCCN)CC(=O)NCCN)c1ccc(Cc2ccc(N(CC(O)CN(CC(=O)NCCN)CC(=O)NCCN)CC(O)CN(CC(=O)NCCN)CC(=O)NCCN)cc2)cc1. The summed E-state index contributed by atoms with van der Waals surface area (Å²) in [7, 11) is 0. The number of amides is 8. The second-order valence-corrected chi connectivity index (χ2v) is 21.7. The molecule has 0 aliphatic rings. The number of aliphatic hydroxyl groups excluding tert-OH is 4. The first kappa shape index (κ1) is 80.3. The average Bonchev–Trinajstić information content (AvgIpc) is 1.77. The van der Waals surface area contributed by atoms with Gasteiger partial charge in [0.15, 0.2) is 0 Å². The molecule has 0 fully saturated rings. The lowest BCUT2D eigenvalue weighted by Gasteiger charge is -2.33. The van der Waals surface area contributed by atoms with Crippen molar-refractivity contribution < 1.29 is 58.8 Å². The summed E-state index contributed by atoms with van der Waals surface area (Å²) in [6.45, 7) is -0.0327. The van der Waals surface area contributed by atoms with Crippen LogP contribution in [0.1, 0.15) is 11.1 Å². The van der Waals surface area contributed by atoms with Gasteiger partial charge in [-0.25, -0.2) is 0 Å². The zero-order chi connectivity index (χ0) is 67.3. The molecule has 0 bridgehead atoms. The third-order valence-electron chi connectivity index (χ3n) is 13.3. The van der Waals surface area contributed by atoms with E-state index in [1.807, 2.05) is 24.3 Å². The van der Waals surface area contributed by atoms with E-state index in [-0.39, 0.29) is 209 Å². The predicted molar refractivity (Wildman–Crippen MR) is 346 cm³/mol. The minimum atomic E-state index is -1.21. The monoisotopic (exact) mass is 1290 g/mol. The molecule has 2 aromatic carbocycles. The fourth-order valence-corrected chi connectivity index (χ4v) is 9.40. The summed E-state index contributed by atoms with van der Waals surface area (Å²) in [6, 6.07) is 14.6. The van der Waals surface area contributed by atoms with E-state index in [1.54, 1.807) is 34.1 Å². The third kappa shape index (κ3) is 37.3. The molecular formula is C57H106N22O12. The minimum Gasteiger partial charge on any atom is -0.390 e. The Bertz CT molecular complexity index is 2040. The lowest BCUT2D eigenvalue weighted by molar-refractivity contribution is -0.127. The standard InChI is InChI=1S/C57H106N22O12/c58-9-17-66-50(84)34-74(35-51(85)67-18-10-59)26-46(80)30-78(31-47(81)27-75(36-52(86)68-19-11-60)37-53(87)69-20-12-61)44-5-1-42(2-6-44)25-43-3-7-45(8-4-43)79(32-48(82)28-76(38-54(88)70-21-13-62)39-55(89)71-22-14-63)33-49(83)29-77(40-56(90)72-23-15-64)41-57(91)73-24-16-65/h1-8,46-49,80-83H,9-41,58-65H2,(H,66,84)(H,67,85)(H,68,86)(H,69,87)(H,70,88)(H,71,89)(H,72,90)(H,73,91). The van der Waals surface area contributed by atoms with Gasteiger partial charge in [0, 0.05) is 168 Å². The molecule has 0 heterocycles. The largest absolute Gasteiger partial charge is 0.390 e. The van der Waals surface area contributed by atoms with Gasteiger partial charge in [0.05, 0.1) is 76.8 Å². The first-order valence-corrected chi connectivity index (χ1v) is 30.7. The number of hydrogen-bond acceptors (Lipinski definition) is 26. The Balaban J connectivity index is 2.60. The van der Waals surface area contributed by atoms with Crippen molar-refractivity contribution in [1.29, 1.82) is 0 Å². The molecule has 34 nitrogen and oxygen atoms in total. The zero-order valence-corrected chi connectivity index (χ0v) is 52.6. The molecule has 0 aromatic heterocycles. The van der Waals surface area contributed by atoms with Crippen molar-refractivity contribution in [2.75, 3.05) is 219 Å². The number of hydrogen-bond donors (Lipinski definition) is 20. The molecule has 0 saturated carbocycles. The van der Waals surface area contributed by atoms with Crippen LogP contribution in [0.4, 0.5) is 11.4 Å². The number of carbonyl (C=O) groups is 8. The number of carbonyl (C=O) groups excluding carboxylic acids is 8. The summed E-state index contributed by atoms with van der Waals surface area (Å²) in [5, 5.41) is 68.3. The third-order valence-corrected chi connectivity index (χ3v) is 13.3. The van der Waals surface area contributed by atoms with E-state index < -0.39 is 71.7 Å². The molecule has 34 heteroatoms. The highest BCUT2D eigenvalue weighted by Crippen LogP contribution is 2.22. The van der Waals surface area contributed by atoms with Gasteiger partial charge in [-0.2, -0.15) is 0 Å². The molecule has 2 rings (SSSR count). The van der Waals surface area contributed by atoms with Crippen LogP contribution in [0.15, 0.2) is 48.5 Å². The van der Waals surface area contributed by atoms with Crippen LogP contribution in [0.25, 0.3) is 0 Å². The lowest BCUT2D eigenvalue weighted by Crippen LogP contribution is -2.50. The first-order valence-electron chi connectivity index (χ1n) is 30.7. The molecule has 28 N–H and O–H groups in total. The highest BCUT2D eigenvalue weighted by atomic mass is 16.3. The molecule has 0 saturated heterocycles. The van der Waals surface area contributed by atoms with Crippen molar-refractivity contribution in [1.82, 2.24) is 62.1 Å². The van der Waals surface area contributed by atoms with Gasteiger partial charge >= 0.3 is 0 Å². The molecule has 2 aromatic rings. The van der Waals surface area contributed by atoms with E-state index in [2.05, 4.69) is 42.5 Å². The summed E-state index contributed by atoms with van der Waals surface area (Å²) in [6.07, 6.45) is -4.44. The van der Waals surface area contributed by atoms with Crippen LogP contribution >= 0.6 is 0 Å². The Kier molecular flexibility index (Phi) is 42.3. The maximum atomic E-state index is 12.9. The van der Waals surface area contributed by atoms with Crippen molar-refractivity contribution in [2.45, 2.75) is 30.8 Å². The molecule has 0 radical (unpaired) electrons. The smallest absolute Gasteiger partial charge is 0.234 e. The summed E-state index contributed by atoms with van der Waals surface area (Å²) in [5.41, 5.74) is 47.5. The van der Waals surface area contributed by atoms with E-state index >= 15 is 0 Å². The van der Waals surface area contributed by atoms with Gasteiger partial charge in [0.1, 0.15) is 0 Å². The highest BCUT2D eigenvalue weighted by molar-refractivity contribution is 5.83. The topological polar surface area (TPSA) is 541 Å². The van der Waals surface area contributed by atoms with E-state index in [1.165, 1.54) is 19.6 Å². The van der Waals surface area contributed by atoms with E-state index in [4.69, 9.17) is 45.9 Å². The molecule has 4 atom stereocenters. The van der Waals surface area contributed by atoms with Gasteiger partial charge in [0.2, 0.25) is 47.3 Å². The van der Waals surface area contributed by atoms with Crippen LogP contribution in [-0.4, -0.2) is 321 Å². The van der Waals surface area contributed by atoms with Gasteiger partial charge in [0.25, 0.3) is 0 Å². The Labute approximate surface area is 533 Å². The number of aliphatic hydroxyl groups is 4. The number of rotatable bonds is 52. The van der Waals surface area contributed by atoms with Crippen molar-refractivity contribution >= 4 is 58.6 Å². The van der Waals surface area contributed by atoms with Crippen LogP contribution in [0, 0.1) is 0 Å². The molecule has 516 valence electrons. The van der Waals surface area contributed by atoms with Crippen molar-refractivity contribution in [3.8, 4) is 0 Å². The predicted octanol–water partition coefficient (Wildman–Crippen LogP) is -11.9. The fourth-order valence-electron chi connectivity index (χ4n) is 9.40. The minimum absolute atomic E-state index is 0.115. The maximum absolute atomic E-state index is 12.9. The number of benzene rings is 2. The molecule has 0 spiro atoms. The van der Waals surface area contributed by atoms with Crippen molar-refractivity contribution in [3.05, 3.63) is 59.7 Å². The number of nitrogens with zero attached hydrogens (tertiary/aromatic N) is 6. The normalized spacial score (nSPS) is 12.7. The first-order chi connectivity index (χ1) is 43.7. The maximum Gasteiger partial charge on any atom is 0.234 e. The van der Waals surface area contributed by atoms with Crippen LogP contribution < -0.4 is 98.2 Å². The van der Waals surface area contributed by atoms with Gasteiger partial charge in [-0.3, -0.25) is 58.0 Å². The quantitative estimate of drug-likeness (QED) is 0.0292. The van der Waals surface area contributed by atoms with Crippen LogP contribution in [0.3, 0.4) is 0 Å². The molecule has 4 unspecified atom stereocenters. The van der Waals surface area contributed by atoms with Gasteiger partial charge in [-0.05, 0) is 41.8 Å². The van der Waals surface area contributed by atoms with Crippen LogP contribution in [0.2, 0.25) is 0 Å². The Morgan fingerprint density at radius 3 is 0.604 bits per heavy atom. The summed E-state index contributed by atoms with van der Waals surface area (Å²) in [4.78, 5) is 112. The summed E-state index contributed by atoms with van der Waals surface area (Å²) >= 11 is 0. The Morgan fingerprint density at radius 2 is 0.451 bits per heavy atom. The second-order valence-electron chi connectivity index (χ2n) is 21.7. The zero-order valence-electron chi connectivity index (χ0n) is 52.6. The highest BCUT2D eigenvalue weighted by Gasteiger charge is 2.27. The molecule has 0 aliphatic carbocycles. The van der Waals surface area contributed by atoms with Gasteiger partial charge < -0.3 is 119 Å². The lowest BCUT2D eigenvalue weighted by atomic mass is 10.0.